The number of nitrogens with one attached hydrogen (secondary N) is 3. The SMILES string of the molecule is C[C@H](NC(=O)Cn1c(CN(C(=O)c2ccc(C(=O)O)cc2)c2ccc(OC3CCN(C(=N)N)CC3)cc2)nc2cc(C(=N)N)ccc21)c1ccccc1. The minimum atomic E-state index is -1.11. The molecule has 1 aromatic heterocycles. The fourth-order valence-electron chi connectivity index (χ4n) is 6.34. The maximum atomic E-state index is 14.3. The summed E-state index contributed by atoms with van der Waals surface area (Å²) in [5.74, 6) is -0.872. The number of likely N-dealkylation sites (tertiary alicyclic amines) is 1. The van der Waals surface area contributed by atoms with Crippen molar-refractivity contribution in [2.24, 2.45) is 11.5 Å². The lowest BCUT2D eigenvalue weighted by Gasteiger charge is -2.32. The van der Waals surface area contributed by atoms with Crippen LogP contribution in [0.3, 0.4) is 0 Å². The molecule has 4 aromatic carbocycles. The molecule has 0 aliphatic carbocycles. The second-order valence-electron chi connectivity index (χ2n) is 12.9. The summed E-state index contributed by atoms with van der Waals surface area (Å²) >= 11 is 0. The van der Waals surface area contributed by atoms with Crippen molar-refractivity contribution in [3.8, 4) is 5.75 Å². The molecule has 2 amide bonds. The van der Waals surface area contributed by atoms with E-state index in [1.165, 1.54) is 29.2 Å². The van der Waals surface area contributed by atoms with Gasteiger partial charge in [0.05, 0.1) is 29.2 Å². The normalized spacial score (nSPS) is 13.6. The quantitative estimate of drug-likeness (QED) is 0.0792. The number of carboxylic acid groups (broad SMARTS) is 1. The smallest absolute Gasteiger partial charge is 0.335 e. The van der Waals surface area contributed by atoms with E-state index in [1.807, 2.05) is 37.3 Å². The molecule has 0 spiro atoms. The molecule has 0 unspecified atom stereocenters. The Morgan fingerprint density at radius 1 is 0.925 bits per heavy atom. The second-order valence-corrected chi connectivity index (χ2v) is 12.9. The number of piperidine rings is 1. The van der Waals surface area contributed by atoms with Crippen molar-refractivity contribution in [2.75, 3.05) is 18.0 Å². The van der Waals surface area contributed by atoms with Crippen LogP contribution in [0.4, 0.5) is 5.69 Å². The third-order valence-electron chi connectivity index (χ3n) is 9.27. The van der Waals surface area contributed by atoms with Crippen LogP contribution in [-0.4, -0.2) is 68.3 Å². The third-order valence-corrected chi connectivity index (χ3v) is 9.27. The summed E-state index contributed by atoms with van der Waals surface area (Å²) in [4.78, 5) is 47.5. The van der Waals surface area contributed by atoms with Crippen molar-refractivity contribution < 1.29 is 24.2 Å². The lowest BCUT2D eigenvalue weighted by atomic mass is 10.1. The van der Waals surface area contributed by atoms with Crippen LogP contribution in [-0.2, 0) is 17.9 Å². The number of anilines is 1. The van der Waals surface area contributed by atoms with Gasteiger partial charge < -0.3 is 41.0 Å². The number of aromatic nitrogens is 2. The molecular formula is C39H41N9O5. The molecule has 2 heterocycles. The molecule has 1 fully saturated rings. The molecule has 6 rings (SSSR count). The third kappa shape index (κ3) is 8.44. The molecule has 14 heteroatoms. The molecule has 1 atom stereocenters. The predicted molar refractivity (Wildman–Crippen MR) is 201 cm³/mol. The highest BCUT2D eigenvalue weighted by atomic mass is 16.5. The largest absolute Gasteiger partial charge is 0.490 e. The van der Waals surface area contributed by atoms with Crippen LogP contribution >= 0.6 is 0 Å². The van der Waals surface area contributed by atoms with E-state index < -0.39 is 11.9 Å². The number of rotatable bonds is 12. The number of carboxylic acids is 1. The van der Waals surface area contributed by atoms with Gasteiger partial charge in [0.2, 0.25) is 5.91 Å². The maximum absolute atomic E-state index is 14.3. The predicted octanol–water partition coefficient (Wildman–Crippen LogP) is 4.48. The number of nitrogens with zero attached hydrogens (tertiary/aromatic N) is 4. The zero-order valence-electron chi connectivity index (χ0n) is 29.2. The van der Waals surface area contributed by atoms with Gasteiger partial charge in [-0.15, -0.1) is 0 Å². The zero-order chi connectivity index (χ0) is 37.6. The maximum Gasteiger partial charge on any atom is 0.335 e. The number of ether oxygens (including phenoxy) is 1. The van der Waals surface area contributed by atoms with Crippen molar-refractivity contribution >= 4 is 46.3 Å². The number of benzene rings is 4. The first-order valence-corrected chi connectivity index (χ1v) is 17.2. The van der Waals surface area contributed by atoms with Gasteiger partial charge in [0.1, 0.15) is 30.1 Å². The van der Waals surface area contributed by atoms with Gasteiger partial charge in [-0.25, -0.2) is 9.78 Å². The Labute approximate surface area is 306 Å². The van der Waals surface area contributed by atoms with E-state index in [4.69, 9.17) is 32.0 Å². The lowest BCUT2D eigenvalue weighted by molar-refractivity contribution is -0.122. The summed E-state index contributed by atoms with van der Waals surface area (Å²) in [5, 5.41) is 28.1. The van der Waals surface area contributed by atoms with Crippen molar-refractivity contribution in [3.05, 3.63) is 125 Å². The van der Waals surface area contributed by atoms with Gasteiger partial charge in [-0.3, -0.25) is 20.4 Å². The summed E-state index contributed by atoms with van der Waals surface area (Å²) in [5.41, 5.74) is 14.8. The topological polar surface area (TPSA) is 217 Å². The summed E-state index contributed by atoms with van der Waals surface area (Å²) in [7, 11) is 0. The molecule has 0 radical (unpaired) electrons. The van der Waals surface area contributed by atoms with E-state index >= 15 is 0 Å². The molecule has 1 aliphatic heterocycles. The van der Waals surface area contributed by atoms with Gasteiger partial charge in [-0.1, -0.05) is 30.3 Å². The Morgan fingerprint density at radius 2 is 1.57 bits per heavy atom. The van der Waals surface area contributed by atoms with Crippen molar-refractivity contribution in [3.63, 3.8) is 0 Å². The van der Waals surface area contributed by atoms with Crippen molar-refractivity contribution in [1.82, 2.24) is 19.8 Å². The molecule has 1 aliphatic rings. The number of nitrogen functional groups attached to an aromatic ring is 1. The van der Waals surface area contributed by atoms with Gasteiger partial charge in [-0.05, 0) is 79.2 Å². The van der Waals surface area contributed by atoms with Crippen LogP contribution in [0.5, 0.6) is 5.75 Å². The number of carbonyl (C=O) groups is 3. The number of amides is 2. The van der Waals surface area contributed by atoms with Crippen LogP contribution in [0.15, 0.2) is 97.1 Å². The molecule has 272 valence electrons. The highest BCUT2D eigenvalue weighted by Crippen LogP contribution is 2.27. The average molecular weight is 716 g/mol. The highest BCUT2D eigenvalue weighted by Gasteiger charge is 2.25. The second kappa shape index (κ2) is 15.7. The first-order valence-electron chi connectivity index (χ1n) is 17.2. The number of amidine groups is 1. The Balaban J connectivity index is 1.33. The van der Waals surface area contributed by atoms with Crippen molar-refractivity contribution in [2.45, 2.75) is 45.0 Å². The van der Waals surface area contributed by atoms with E-state index in [9.17, 15) is 19.5 Å². The molecule has 14 nitrogen and oxygen atoms in total. The molecule has 53 heavy (non-hydrogen) atoms. The lowest BCUT2D eigenvalue weighted by Crippen LogP contribution is -2.44. The fraction of sp³-hybridized carbons (Fsp3) is 0.231. The molecule has 5 aromatic rings. The number of hydrogen-bond donors (Lipinski definition) is 6. The van der Waals surface area contributed by atoms with E-state index in [0.717, 1.165) is 5.56 Å². The Kier molecular flexibility index (Phi) is 10.7. The van der Waals surface area contributed by atoms with Gasteiger partial charge in [0.25, 0.3) is 5.91 Å². The minimum Gasteiger partial charge on any atom is -0.490 e. The van der Waals surface area contributed by atoms with Gasteiger partial charge in [-0.2, -0.15) is 0 Å². The Bertz CT molecular complexity index is 2140. The summed E-state index contributed by atoms with van der Waals surface area (Å²) in [6, 6.07) is 27.2. The standard InChI is InChI=1S/C39H41N9O5/c1-24(25-5-3-2-4-6-25)44-35(49)23-48-33-16-11-28(36(40)41)21-32(33)45-34(48)22-47(37(50)26-7-9-27(10-8-26)38(51)52)29-12-14-30(15-13-29)53-31-17-19-46(20-18-31)39(42)43/h2-16,21,24,31H,17-20,22-23H2,1H3,(H3,40,41)(H3,42,43)(H,44,49)(H,51,52)/t24-/m0/s1. The van der Waals surface area contributed by atoms with Crippen LogP contribution in [0.25, 0.3) is 11.0 Å². The van der Waals surface area contributed by atoms with Crippen LogP contribution < -0.4 is 26.4 Å². The first-order chi connectivity index (χ1) is 25.5. The first kappa shape index (κ1) is 36.1. The number of imidazole rings is 1. The van der Waals surface area contributed by atoms with E-state index in [2.05, 4.69) is 5.32 Å². The van der Waals surface area contributed by atoms with Crippen molar-refractivity contribution in [1.29, 1.82) is 10.8 Å². The average Bonchev–Trinajstić information content (AvgIpc) is 3.50. The highest BCUT2D eigenvalue weighted by molar-refractivity contribution is 6.06. The molecular weight excluding hydrogens is 674 g/mol. The number of nitrogens with two attached hydrogens (primary N) is 2. The van der Waals surface area contributed by atoms with E-state index in [1.54, 1.807) is 51.9 Å². The summed E-state index contributed by atoms with van der Waals surface area (Å²) in [6.07, 6.45) is 1.35. The molecule has 0 bridgehead atoms. The number of hydrogen-bond acceptors (Lipinski definition) is 7. The van der Waals surface area contributed by atoms with Crippen LogP contribution in [0.2, 0.25) is 0 Å². The summed E-state index contributed by atoms with van der Waals surface area (Å²) in [6.45, 7) is 2.98. The monoisotopic (exact) mass is 715 g/mol. The van der Waals surface area contributed by atoms with Gasteiger partial charge in [0.15, 0.2) is 5.96 Å². The van der Waals surface area contributed by atoms with Crippen LogP contribution in [0, 0.1) is 10.8 Å². The number of fused-ring (bicyclic) bond motifs is 1. The van der Waals surface area contributed by atoms with Gasteiger partial charge >= 0.3 is 5.97 Å². The van der Waals surface area contributed by atoms with Crippen LogP contribution in [0.1, 0.15) is 63.5 Å². The molecule has 1 saturated heterocycles. The number of guanidine groups is 1. The number of carbonyl (C=O) groups excluding carboxylic acids is 2. The molecule has 8 N–H and O–H groups in total. The fourth-order valence-corrected chi connectivity index (χ4v) is 6.34. The van der Waals surface area contributed by atoms with E-state index in [-0.39, 0.29) is 54.1 Å². The zero-order valence-corrected chi connectivity index (χ0v) is 29.2. The molecule has 0 saturated carbocycles. The summed E-state index contributed by atoms with van der Waals surface area (Å²) < 4.78 is 7.97. The Hall–Kier alpha value is -6.70. The number of aromatic carboxylic acids is 1. The van der Waals surface area contributed by atoms with E-state index in [0.29, 0.717) is 59.8 Å². The minimum absolute atomic E-state index is 0.0440. The Morgan fingerprint density at radius 3 is 2.19 bits per heavy atom. The van der Waals surface area contributed by atoms with Gasteiger partial charge in [0, 0.05) is 42.7 Å².